The van der Waals surface area contributed by atoms with Gasteiger partial charge in [-0.05, 0) is 74.3 Å². The van der Waals surface area contributed by atoms with Gasteiger partial charge in [0.15, 0.2) is 5.13 Å². The van der Waals surface area contributed by atoms with Gasteiger partial charge < -0.3 is 5.73 Å². The Labute approximate surface area is 191 Å². The maximum atomic E-state index is 13.5. The Kier molecular flexibility index (Phi) is 6.92. The van der Waals surface area contributed by atoms with Crippen LogP contribution in [0.5, 0.6) is 0 Å². The monoisotopic (exact) mass is 547 g/mol. The van der Waals surface area contributed by atoms with Gasteiger partial charge in [-0.15, -0.1) is 69.3 Å². The highest BCUT2D eigenvalue weighted by Crippen LogP contribution is 2.45. The van der Waals surface area contributed by atoms with Crippen molar-refractivity contribution in [2.75, 3.05) is 6.54 Å². The van der Waals surface area contributed by atoms with E-state index in [0.717, 1.165) is 21.7 Å². The van der Waals surface area contributed by atoms with E-state index in [4.69, 9.17) is 5.73 Å². The minimum atomic E-state index is -0.118. The molecule has 0 radical (unpaired) electrons. The van der Waals surface area contributed by atoms with Crippen LogP contribution in [0, 0.1) is 19.0 Å². The lowest BCUT2D eigenvalue weighted by atomic mass is 10.2. The molecule has 0 bridgehead atoms. The summed E-state index contributed by atoms with van der Waals surface area (Å²) >= 11 is 6.63. The van der Waals surface area contributed by atoms with Crippen LogP contribution >= 0.6 is 69.3 Å². The second kappa shape index (κ2) is 8.84. The maximum absolute atomic E-state index is 13.5. The molecule has 0 saturated carbocycles. The predicted molar refractivity (Wildman–Crippen MR) is 132 cm³/mol. The average molecular weight is 548 g/mol. The van der Waals surface area contributed by atoms with Crippen LogP contribution in [-0.4, -0.2) is 6.54 Å². The van der Waals surface area contributed by atoms with Gasteiger partial charge in [0.1, 0.15) is 0 Å². The van der Waals surface area contributed by atoms with Crippen LogP contribution in [0.2, 0.25) is 0 Å². The van der Waals surface area contributed by atoms with Crippen molar-refractivity contribution in [3.63, 3.8) is 0 Å². The van der Waals surface area contributed by atoms with Crippen LogP contribution < -0.4 is 5.73 Å². The van der Waals surface area contributed by atoms with E-state index in [-0.39, 0.29) is 29.1 Å². The summed E-state index contributed by atoms with van der Waals surface area (Å²) in [5.41, 5.74) is 7.97. The average Bonchev–Trinajstić information content (AvgIpc) is 3.34. The third kappa shape index (κ3) is 4.38. The van der Waals surface area contributed by atoms with Crippen molar-refractivity contribution < 1.29 is 4.39 Å². The quantitative estimate of drug-likeness (QED) is 0.254. The molecule has 0 aromatic carbocycles. The molecule has 1 nitrogen and oxygen atoms in total. The molecule has 0 atom stereocenters. The molecule has 0 unspecified atom stereocenters. The van der Waals surface area contributed by atoms with E-state index < -0.39 is 0 Å². The number of hydrogen-bond donors (Lipinski definition) is 1. The Balaban J connectivity index is 0.00000210. The van der Waals surface area contributed by atoms with Crippen LogP contribution in [0.15, 0.2) is 36.4 Å². The van der Waals surface area contributed by atoms with E-state index >= 15 is 0 Å². The predicted octanol–water partition coefficient (Wildman–Crippen LogP) is 7.81. The topological polar surface area (TPSA) is 26.0 Å². The largest absolute Gasteiger partial charge is 0.330 e. The van der Waals surface area contributed by atoms with Crippen molar-refractivity contribution in [1.29, 1.82) is 0 Å². The number of nitrogens with two attached hydrogens (primary N) is 1. The standard InChI is InChI=1S/C20H18FNS4.HI/c1-11-9-17(14-4-3-13(23-14)7-8-22)25-19(11)15-5-6-16(24-15)20-12(2)10-18(21)26-20;/h3-6,9-10H,7-8,22H2,1-2H3;1H. The second-order valence-electron chi connectivity index (χ2n) is 6.15. The highest BCUT2D eigenvalue weighted by molar-refractivity contribution is 14.0. The molecule has 4 aromatic heterocycles. The van der Waals surface area contributed by atoms with Gasteiger partial charge in [-0.25, -0.2) is 0 Å². The minimum absolute atomic E-state index is 0. The van der Waals surface area contributed by atoms with Gasteiger partial charge in [0.05, 0.1) is 4.88 Å². The molecular weight excluding hydrogens is 528 g/mol. The fraction of sp³-hybridized carbons (Fsp3) is 0.200. The molecule has 27 heavy (non-hydrogen) atoms. The van der Waals surface area contributed by atoms with Crippen LogP contribution in [0.1, 0.15) is 16.0 Å². The van der Waals surface area contributed by atoms with Gasteiger partial charge >= 0.3 is 0 Å². The van der Waals surface area contributed by atoms with Gasteiger partial charge in [-0.1, -0.05) is 0 Å². The summed E-state index contributed by atoms with van der Waals surface area (Å²) in [4.78, 5) is 8.68. The lowest BCUT2D eigenvalue weighted by Gasteiger charge is -1.95. The van der Waals surface area contributed by atoms with Gasteiger partial charge in [0, 0.05) is 29.3 Å². The van der Waals surface area contributed by atoms with Crippen molar-refractivity contribution in [3.8, 4) is 29.3 Å². The summed E-state index contributed by atoms with van der Waals surface area (Å²) in [5, 5.41) is -0.118. The number of hydrogen-bond acceptors (Lipinski definition) is 5. The van der Waals surface area contributed by atoms with Gasteiger partial charge in [-0.2, -0.15) is 4.39 Å². The number of thiophene rings is 4. The van der Waals surface area contributed by atoms with E-state index in [0.29, 0.717) is 6.54 Å². The fourth-order valence-corrected chi connectivity index (χ4v) is 7.44. The minimum Gasteiger partial charge on any atom is -0.330 e. The zero-order valence-electron chi connectivity index (χ0n) is 14.9. The van der Waals surface area contributed by atoms with E-state index in [2.05, 4.69) is 37.3 Å². The molecule has 0 aliphatic heterocycles. The molecule has 0 saturated heterocycles. The van der Waals surface area contributed by atoms with Crippen molar-refractivity contribution in [1.82, 2.24) is 0 Å². The van der Waals surface area contributed by atoms with E-state index in [9.17, 15) is 4.39 Å². The highest BCUT2D eigenvalue weighted by atomic mass is 127. The van der Waals surface area contributed by atoms with Crippen LogP contribution in [0.25, 0.3) is 29.3 Å². The van der Waals surface area contributed by atoms with E-state index in [1.807, 2.05) is 29.6 Å². The first-order valence-corrected chi connectivity index (χ1v) is 11.6. The Morgan fingerprint density at radius 3 is 2.04 bits per heavy atom. The maximum Gasteiger partial charge on any atom is 0.177 e. The molecule has 0 amide bonds. The van der Waals surface area contributed by atoms with Crippen LogP contribution in [0.3, 0.4) is 0 Å². The molecule has 0 fully saturated rings. The normalized spacial score (nSPS) is 11.0. The second-order valence-corrected chi connectivity index (χ2v) is 10.5. The third-order valence-corrected chi connectivity index (χ3v) is 9.20. The summed E-state index contributed by atoms with van der Waals surface area (Å²) < 4.78 is 13.5. The van der Waals surface area contributed by atoms with Crippen molar-refractivity contribution in [2.24, 2.45) is 5.73 Å². The van der Waals surface area contributed by atoms with Gasteiger partial charge in [0.25, 0.3) is 0 Å². The van der Waals surface area contributed by atoms with Crippen molar-refractivity contribution in [3.05, 3.63) is 57.5 Å². The smallest absolute Gasteiger partial charge is 0.177 e. The van der Waals surface area contributed by atoms with Crippen LogP contribution in [0.4, 0.5) is 4.39 Å². The Hall–Kier alpha value is -0.580. The number of aryl methyl sites for hydroxylation is 2. The lowest BCUT2D eigenvalue weighted by Crippen LogP contribution is -2.00. The van der Waals surface area contributed by atoms with Crippen molar-refractivity contribution >= 4 is 69.3 Å². The first-order chi connectivity index (χ1) is 12.5. The molecular formula is C20H19FINS4. The molecule has 0 spiro atoms. The summed E-state index contributed by atoms with van der Waals surface area (Å²) in [5.74, 6) is 0. The van der Waals surface area contributed by atoms with Crippen LogP contribution in [-0.2, 0) is 6.42 Å². The Morgan fingerprint density at radius 1 is 0.778 bits per heavy atom. The first-order valence-electron chi connectivity index (χ1n) is 8.31. The van der Waals surface area contributed by atoms with Crippen molar-refractivity contribution in [2.45, 2.75) is 20.3 Å². The summed E-state index contributed by atoms with van der Waals surface area (Å²) in [7, 11) is 0. The molecule has 2 N–H and O–H groups in total. The summed E-state index contributed by atoms with van der Waals surface area (Å²) in [6.45, 7) is 4.83. The Morgan fingerprint density at radius 2 is 1.41 bits per heavy atom. The molecule has 142 valence electrons. The number of halogens is 2. The van der Waals surface area contributed by atoms with Gasteiger partial charge in [-0.3, -0.25) is 0 Å². The summed E-state index contributed by atoms with van der Waals surface area (Å²) in [6.07, 6.45) is 0.937. The zero-order valence-corrected chi connectivity index (χ0v) is 20.5. The number of rotatable bonds is 5. The third-order valence-electron chi connectivity index (χ3n) is 4.15. The zero-order chi connectivity index (χ0) is 18.3. The molecule has 4 rings (SSSR count). The highest BCUT2D eigenvalue weighted by Gasteiger charge is 2.15. The summed E-state index contributed by atoms with van der Waals surface area (Å²) in [6, 6.07) is 12.5. The molecule has 0 aliphatic rings. The lowest BCUT2D eigenvalue weighted by molar-refractivity contribution is 0.656. The molecule has 7 heteroatoms. The van der Waals surface area contributed by atoms with E-state index in [1.54, 1.807) is 17.4 Å². The van der Waals surface area contributed by atoms with E-state index in [1.165, 1.54) is 41.3 Å². The first kappa shape index (κ1) is 21.1. The molecule has 0 aliphatic carbocycles. The SMILES string of the molecule is Cc1cc(F)sc1-c1ccc(-c2sc(-c3ccc(CCN)s3)cc2C)s1.I. The molecule has 4 aromatic rings. The Bertz CT molecular complexity index is 1060. The fourth-order valence-electron chi connectivity index (χ4n) is 2.90. The van der Waals surface area contributed by atoms with Gasteiger partial charge in [0.2, 0.25) is 0 Å². The molecule has 4 heterocycles.